The van der Waals surface area contributed by atoms with Gasteiger partial charge in [-0.1, -0.05) is 12.1 Å². The summed E-state index contributed by atoms with van der Waals surface area (Å²) in [6.45, 7) is 1.18. The van der Waals surface area contributed by atoms with Gasteiger partial charge in [-0.2, -0.15) is 0 Å². The van der Waals surface area contributed by atoms with Crippen LogP contribution in [0.1, 0.15) is 15.2 Å². The molecular weight excluding hydrogens is 232 g/mol. The predicted molar refractivity (Wildman–Crippen MR) is 69.2 cm³/mol. The number of aromatic nitrogens is 1. The summed E-state index contributed by atoms with van der Waals surface area (Å²) in [6.07, 6.45) is 3.58. The zero-order valence-electron chi connectivity index (χ0n) is 9.67. The largest absolute Gasteiger partial charge is 0.294 e. The number of hydrogen-bond acceptors (Lipinski definition) is 4. The summed E-state index contributed by atoms with van der Waals surface area (Å²) in [7, 11) is 1.94. The van der Waals surface area contributed by atoms with Gasteiger partial charge in [0.2, 0.25) is 0 Å². The van der Waals surface area contributed by atoms with E-state index in [9.17, 15) is 4.79 Å². The average Bonchev–Trinajstić information content (AvgIpc) is 2.83. The fourth-order valence-corrected chi connectivity index (χ4v) is 2.28. The molecule has 0 spiro atoms. The second-order valence-electron chi connectivity index (χ2n) is 3.93. The van der Waals surface area contributed by atoms with Gasteiger partial charge in [-0.25, -0.2) is 0 Å². The van der Waals surface area contributed by atoms with Crippen LogP contribution in [-0.2, 0) is 6.54 Å². The Morgan fingerprint density at radius 1 is 1.41 bits per heavy atom. The number of nitrogens with zero attached hydrogens (tertiary/aromatic N) is 2. The third kappa shape index (κ3) is 3.47. The van der Waals surface area contributed by atoms with Crippen molar-refractivity contribution >= 4 is 17.1 Å². The normalized spacial score (nSPS) is 10.7. The number of carbonyl (C=O) groups is 1. The molecule has 0 aromatic carbocycles. The number of thiophene rings is 1. The van der Waals surface area contributed by atoms with Gasteiger partial charge in [-0.05, 0) is 30.1 Å². The maximum Gasteiger partial charge on any atom is 0.186 e. The Bertz CT molecular complexity index is 467. The molecule has 0 aliphatic rings. The Hall–Kier alpha value is -1.52. The molecule has 0 N–H and O–H groups in total. The van der Waals surface area contributed by atoms with E-state index < -0.39 is 0 Å². The standard InChI is InChI=1S/C13H14N2OS/c1-15(9-11-4-2-6-14-8-11)10-12(16)13-5-3-7-17-13/h2-8H,9-10H2,1H3. The molecule has 0 amide bonds. The van der Waals surface area contributed by atoms with Crippen LogP contribution in [0.25, 0.3) is 0 Å². The van der Waals surface area contributed by atoms with E-state index in [0.717, 1.165) is 17.0 Å². The van der Waals surface area contributed by atoms with Gasteiger partial charge in [0.1, 0.15) is 0 Å². The summed E-state index contributed by atoms with van der Waals surface area (Å²) >= 11 is 1.49. The van der Waals surface area contributed by atoms with Crippen molar-refractivity contribution in [1.29, 1.82) is 0 Å². The van der Waals surface area contributed by atoms with Gasteiger partial charge in [0.15, 0.2) is 5.78 Å². The molecule has 0 aliphatic carbocycles. The van der Waals surface area contributed by atoms with Gasteiger partial charge in [0.25, 0.3) is 0 Å². The molecule has 17 heavy (non-hydrogen) atoms. The minimum absolute atomic E-state index is 0.173. The summed E-state index contributed by atoms with van der Waals surface area (Å²) in [6, 6.07) is 7.69. The van der Waals surface area contributed by atoms with E-state index in [1.54, 1.807) is 6.20 Å². The van der Waals surface area contributed by atoms with E-state index in [2.05, 4.69) is 4.98 Å². The van der Waals surface area contributed by atoms with Crippen molar-refractivity contribution in [2.24, 2.45) is 0 Å². The predicted octanol–water partition coefficient (Wildman–Crippen LogP) is 2.46. The first-order valence-electron chi connectivity index (χ1n) is 5.40. The van der Waals surface area contributed by atoms with Crippen LogP contribution in [0.15, 0.2) is 42.0 Å². The second-order valence-corrected chi connectivity index (χ2v) is 4.88. The molecule has 2 aromatic rings. The summed E-state index contributed by atoms with van der Waals surface area (Å²) in [5.74, 6) is 0.173. The Labute approximate surface area is 105 Å². The van der Waals surface area contributed by atoms with Gasteiger partial charge in [-0.3, -0.25) is 14.7 Å². The monoisotopic (exact) mass is 246 g/mol. The topological polar surface area (TPSA) is 33.2 Å². The van der Waals surface area contributed by atoms with Crippen LogP contribution in [0.3, 0.4) is 0 Å². The number of Topliss-reactive ketones (excluding diaryl/α,β-unsaturated/α-hetero) is 1. The van der Waals surface area contributed by atoms with E-state index in [0.29, 0.717) is 6.54 Å². The van der Waals surface area contributed by atoms with E-state index in [1.165, 1.54) is 11.3 Å². The molecular formula is C13H14N2OS. The van der Waals surface area contributed by atoms with Gasteiger partial charge in [-0.15, -0.1) is 11.3 Å². The lowest BCUT2D eigenvalue weighted by Crippen LogP contribution is -2.25. The van der Waals surface area contributed by atoms with Crippen LogP contribution >= 0.6 is 11.3 Å². The van der Waals surface area contributed by atoms with E-state index in [1.807, 2.05) is 47.8 Å². The molecule has 2 heterocycles. The highest BCUT2D eigenvalue weighted by atomic mass is 32.1. The number of hydrogen-bond donors (Lipinski definition) is 0. The highest BCUT2D eigenvalue weighted by Gasteiger charge is 2.10. The summed E-state index contributed by atoms with van der Waals surface area (Å²) in [5, 5.41) is 1.92. The highest BCUT2D eigenvalue weighted by molar-refractivity contribution is 7.12. The molecule has 4 heteroatoms. The molecule has 0 fully saturated rings. The van der Waals surface area contributed by atoms with Gasteiger partial charge < -0.3 is 0 Å². The third-order valence-corrected chi connectivity index (χ3v) is 3.30. The number of rotatable bonds is 5. The number of carbonyl (C=O) groups excluding carboxylic acids is 1. The van der Waals surface area contributed by atoms with Crippen LogP contribution in [0.2, 0.25) is 0 Å². The molecule has 0 saturated carbocycles. The van der Waals surface area contributed by atoms with Crippen molar-refractivity contribution in [3.63, 3.8) is 0 Å². The van der Waals surface area contributed by atoms with Crippen molar-refractivity contribution in [1.82, 2.24) is 9.88 Å². The van der Waals surface area contributed by atoms with Gasteiger partial charge >= 0.3 is 0 Å². The first-order chi connectivity index (χ1) is 8.25. The number of ketones is 1. The van der Waals surface area contributed by atoms with E-state index >= 15 is 0 Å². The first-order valence-corrected chi connectivity index (χ1v) is 6.28. The smallest absolute Gasteiger partial charge is 0.186 e. The molecule has 0 atom stereocenters. The van der Waals surface area contributed by atoms with Crippen molar-refractivity contribution in [3.05, 3.63) is 52.5 Å². The molecule has 0 bridgehead atoms. The zero-order valence-corrected chi connectivity index (χ0v) is 10.5. The molecule has 3 nitrogen and oxygen atoms in total. The fourth-order valence-electron chi connectivity index (χ4n) is 1.62. The Balaban J connectivity index is 1.90. The fraction of sp³-hybridized carbons (Fsp3) is 0.231. The van der Waals surface area contributed by atoms with Crippen LogP contribution in [0.4, 0.5) is 0 Å². The van der Waals surface area contributed by atoms with Gasteiger partial charge in [0, 0.05) is 18.9 Å². The maximum atomic E-state index is 11.9. The number of likely N-dealkylation sites (N-methyl/N-ethyl adjacent to an activating group) is 1. The zero-order chi connectivity index (χ0) is 12.1. The van der Waals surface area contributed by atoms with Crippen LogP contribution < -0.4 is 0 Å². The Kier molecular flexibility index (Phi) is 4.01. The van der Waals surface area contributed by atoms with E-state index in [-0.39, 0.29) is 5.78 Å². The lowest BCUT2D eigenvalue weighted by molar-refractivity contribution is 0.0947. The van der Waals surface area contributed by atoms with E-state index in [4.69, 9.17) is 0 Å². The molecule has 2 aromatic heterocycles. The van der Waals surface area contributed by atoms with Gasteiger partial charge in [0.05, 0.1) is 11.4 Å². The molecule has 0 saturated heterocycles. The SMILES string of the molecule is CN(CC(=O)c1cccs1)Cc1cccnc1. The lowest BCUT2D eigenvalue weighted by atomic mass is 10.2. The van der Waals surface area contributed by atoms with Crippen molar-refractivity contribution in [2.75, 3.05) is 13.6 Å². The quantitative estimate of drug-likeness (QED) is 0.760. The average molecular weight is 246 g/mol. The molecule has 88 valence electrons. The van der Waals surface area contributed by atoms with Crippen LogP contribution in [-0.4, -0.2) is 29.3 Å². The molecule has 2 rings (SSSR count). The second kappa shape index (κ2) is 5.70. The molecule has 0 aliphatic heterocycles. The summed E-state index contributed by atoms with van der Waals surface area (Å²) in [5.41, 5.74) is 1.12. The maximum absolute atomic E-state index is 11.9. The Morgan fingerprint density at radius 3 is 2.94 bits per heavy atom. The van der Waals surface area contributed by atoms with Crippen molar-refractivity contribution in [3.8, 4) is 0 Å². The minimum atomic E-state index is 0.173. The summed E-state index contributed by atoms with van der Waals surface area (Å²) in [4.78, 5) is 18.7. The first kappa shape index (κ1) is 12.0. The van der Waals surface area contributed by atoms with Crippen molar-refractivity contribution in [2.45, 2.75) is 6.54 Å². The number of pyridine rings is 1. The van der Waals surface area contributed by atoms with Crippen LogP contribution in [0.5, 0.6) is 0 Å². The molecule has 0 unspecified atom stereocenters. The van der Waals surface area contributed by atoms with Crippen LogP contribution in [0, 0.1) is 0 Å². The third-order valence-electron chi connectivity index (χ3n) is 2.38. The highest BCUT2D eigenvalue weighted by Crippen LogP contribution is 2.10. The lowest BCUT2D eigenvalue weighted by Gasteiger charge is -2.14. The molecule has 0 radical (unpaired) electrons. The Morgan fingerprint density at radius 2 is 2.29 bits per heavy atom. The minimum Gasteiger partial charge on any atom is -0.294 e. The van der Waals surface area contributed by atoms with Crippen molar-refractivity contribution < 1.29 is 4.79 Å². The summed E-state index contributed by atoms with van der Waals surface area (Å²) < 4.78 is 0.